The Morgan fingerprint density at radius 1 is 1.10 bits per heavy atom. The monoisotopic (exact) mass is 324 g/mol. The van der Waals surface area contributed by atoms with Crippen molar-refractivity contribution in [1.29, 1.82) is 0 Å². The topological polar surface area (TPSA) is 35.5 Å². The number of ketones is 1. The highest BCUT2D eigenvalue weighted by Gasteiger charge is 2.13. The van der Waals surface area contributed by atoms with Gasteiger partial charge in [-0.2, -0.15) is 0 Å². The summed E-state index contributed by atoms with van der Waals surface area (Å²) in [6.45, 7) is 1.82. The average molecular weight is 325 g/mol. The van der Waals surface area contributed by atoms with Crippen molar-refractivity contribution in [2.24, 2.45) is 0 Å². The first-order valence-electron chi connectivity index (χ1n) is 6.26. The predicted molar refractivity (Wildman–Crippen MR) is 84.0 cm³/mol. The van der Waals surface area contributed by atoms with E-state index in [1.54, 1.807) is 24.3 Å². The Morgan fingerprint density at radius 2 is 1.76 bits per heavy atom. The van der Waals surface area contributed by atoms with E-state index in [0.29, 0.717) is 27.1 Å². The molecule has 0 saturated carbocycles. The first-order chi connectivity index (χ1) is 9.99. The van der Waals surface area contributed by atoms with Gasteiger partial charge in [0, 0.05) is 10.0 Å². The van der Waals surface area contributed by atoms with Crippen LogP contribution < -0.4 is 9.47 Å². The van der Waals surface area contributed by atoms with E-state index in [0.717, 1.165) is 5.56 Å². The van der Waals surface area contributed by atoms with Crippen molar-refractivity contribution < 1.29 is 14.3 Å². The zero-order valence-corrected chi connectivity index (χ0v) is 13.2. The zero-order valence-electron chi connectivity index (χ0n) is 11.7. The molecule has 0 bridgehead atoms. The lowest BCUT2D eigenvalue weighted by atomic mass is 10.1. The van der Waals surface area contributed by atoms with Gasteiger partial charge in [-0.3, -0.25) is 4.79 Å². The number of methoxy groups -OCH3 is 1. The predicted octanol–water partition coefficient (Wildman–Crippen LogP) is 4.57. The second kappa shape index (κ2) is 6.83. The van der Waals surface area contributed by atoms with Gasteiger partial charge in [0.2, 0.25) is 5.78 Å². The highest BCUT2D eigenvalue weighted by atomic mass is 35.5. The van der Waals surface area contributed by atoms with Crippen LogP contribution in [0.1, 0.15) is 15.9 Å². The molecule has 110 valence electrons. The van der Waals surface area contributed by atoms with E-state index in [-0.39, 0.29) is 12.4 Å². The number of benzene rings is 2. The number of hydrogen-bond acceptors (Lipinski definition) is 3. The van der Waals surface area contributed by atoms with Gasteiger partial charge in [-0.1, -0.05) is 29.3 Å². The third kappa shape index (κ3) is 4.13. The standard InChI is InChI=1S/C16H14Cl2O3/c1-10-3-4-14(16(5-10)20-2)15(19)9-21-13-7-11(17)6-12(18)8-13/h3-8H,9H2,1-2H3. The van der Waals surface area contributed by atoms with Crippen LogP contribution in [0, 0.1) is 6.92 Å². The van der Waals surface area contributed by atoms with Crippen LogP contribution in [0.15, 0.2) is 36.4 Å². The fourth-order valence-corrected chi connectivity index (χ4v) is 2.37. The summed E-state index contributed by atoms with van der Waals surface area (Å²) in [5.41, 5.74) is 1.50. The van der Waals surface area contributed by atoms with Gasteiger partial charge in [-0.15, -0.1) is 0 Å². The molecule has 2 aromatic rings. The molecule has 0 unspecified atom stereocenters. The summed E-state index contributed by atoms with van der Waals surface area (Å²) in [6, 6.07) is 10.2. The molecule has 0 fully saturated rings. The second-order valence-corrected chi connectivity index (χ2v) is 5.39. The van der Waals surface area contributed by atoms with Crippen molar-refractivity contribution in [2.45, 2.75) is 6.92 Å². The van der Waals surface area contributed by atoms with Gasteiger partial charge in [0.1, 0.15) is 11.5 Å². The number of halogens is 2. The van der Waals surface area contributed by atoms with Gasteiger partial charge in [-0.25, -0.2) is 0 Å². The Bertz CT molecular complexity index is 648. The molecule has 0 saturated heterocycles. The summed E-state index contributed by atoms with van der Waals surface area (Å²) in [5.74, 6) is 0.808. The van der Waals surface area contributed by atoms with E-state index in [1.165, 1.54) is 7.11 Å². The first-order valence-corrected chi connectivity index (χ1v) is 7.02. The summed E-state index contributed by atoms with van der Waals surface area (Å²) >= 11 is 11.8. The molecule has 2 aromatic carbocycles. The molecule has 0 aliphatic heterocycles. The maximum absolute atomic E-state index is 12.2. The van der Waals surface area contributed by atoms with Crippen molar-refractivity contribution in [3.63, 3.8) is 0 Å². The van der Waals surface area contributed by atoms with Gasteiger partial charge in [0.15, 0.2) is 6.61 Å². The Morgan fingerprint density at radius 3 is 2.38 bits per heavy atom. The van der Waals surface area contributed by atoms with Crippen LogP contribution in [0.2, 0.25) is 10.0 Å². The number of Topliss-reactive ketones (excluding diaryl/α,β-unsaturated/α-hetero) is 1. The number of aryl methyl sites for hydroxylation is 1. The third-order valence-electron chi connectivity index (χ3n) is 2.86. The molecule has 0 amide bonds. The minimum atomic E-state index is -0.178. The molecule has 0 aromatic heterocycles. The first kappa shape index (κ1) is 15.7. The SMILES string of the molecule is COc1cc(C)ccc1C(=O)COc1cc(Cl)cc(Cl)c1. The van der Waals surface area contributed by atoms with E-state index in [2.05, 4.69) is 0 Å². The molecule has 3 nitrogen and oxygen atoms in total. The average Bonchev–Trinajstić information content (AvgIpc) is 2.43. The highest BCUT2D eigenvalue weighted by Crippen LogP contribution is 2.25. The van der Waals surface area contributed by atoms with Crippen molar-refractivity contribution in [2.75, 3.05) is 13.7 Å². The lowest BCUT2D eigenvalue weighted by molar-refractivity contribution is 0.0918. The Labute approximate surface area is 133 Å². The van der Waals surface area contributed by atoms with Gasteiger partial charge >= 0.3 is 0 Å². The number of rotatable bonds is 5. The van der Waals surface area contributed by atoms with Gasteiger partial charge in [-0.05, 0) is 42.8 Å². The number of hydrogen-bond donors (Lipinski definition) is 0. The second-order valence-electron chi connectivity index (χ2n) is 4.52. The van der Waals surface area contributed by atoms with Crippen molar-refractivity contribution in [3.8, 4) is 11.5 Å². The van der Waals surface area contributed by atoms with Crippen LogP contribution in [-0.4, -0.2) is 19.5 Å². The van der Waals surface area contributed by atoms with Crippen molar-refractivity contribution >= 4 is 29.0 Å². The number of carbonyl (C=O) groups excluding carboxylic acids is 1. The summed E-state index contributed by atoms with van der Waals surface area (Å²) in [4.78, 5) is 12.2. The maximum Gasteiger partial charge on any atom is 0.203 e. The normalized spacial score (nSPS) is 10.3. The quantitative estimate of drug-likeness (QED) is 0.755. The third-order valence-corrected chi connectivity index (χ3v) is 3.30. The minimum Gasteiger partial charge on any atom is -0.496 e. The smallest absolute Gasteiger partial charge is 0.203 e. The van der Waals surface area contributed by atoms with E-state index in [9.17, 15) is 4.79 Å². The van der Waals surface area contributed by atoms with Gasteiger partial charge < -0.3 is 9.47 Å². The fourth-order valence-electron chi connectivity index (χ4n) is 1.87. The van der Waals surface area contributed by atoms with Crippen LogP contribution in [-0.2, 0) is 0 Å². The lowest BCUT2D eigenvalue weighted by Gasteiger charge is -2.10. The molecule has 5 heteroatoms. The zero-order chi connectivity index (χ0) is 15.4. The Hall–Kier alpha value is -1.71. The Balaban J connectivity index is 2.11. The summed E-state index contributed by atoms with van der Waals surface area (Å²) < 4.78 is 10.7. The summed E-state index contributed by atoms with van der Waals surface area (Å²) in [6.07, 6.45) is 0. The lowest BCUT2D eigenvalue weighted by Crippen LogP contribution is -2.13. The molecule has 0 heterocycles. The number of ether oxygens (including phenoxy) is 2. The molecule has 0 aliphatic rings. The van der Waals surface area contributed by atoms with Crippen molar-refractivity contribution in [1.82, 2.24) is 0 Å². The molecular formula is C16H14Cl2O3. The van der Waals surface area contributed by atoms with Crippen LogP contribution in [0.25, 0.3) is 0 Å². The minimum absolute atomic E-state index is 0.115. The van der Waals surface area contributed by atoms with Crippen molar-refractivity contribution in [3.05, 3.63) is 57.6 Å². The van der Waals surface area contributed by atoms with E-state index in [1.807, 2.05) is 19.1 Å². The molecule has 0 aliphatic carbocycles. The van der Waals surface area contributed by atoms with E-state index in [4.69, 9.17) is 32.7 Å². The molecule has 2 rings (SSSR count). The van der Waals surface area contributed by atoms with Gasteiger partial charge in [0.05, 0.1) is 12.7 Å². The maximum atomic E-state index is 12.2. The molecular weight excluding hydrogens is 311 g/mol. The molecule has 0 spiro atoms. The number of carbonyl (C=O) groups is 1. The summed E-state index contributed by atoms with van der Waals surface area (Å²) in [5, 5.41) is 0.913. The van der Waals surface area contributed by atoms with E-state index < -0.39 is 0 Å². The van der Waals surface area contributed by atoms with Crippen LogP contribution in [0.5, 0.6) is 11.5 Å². The van der Waals surface area contributed by atoms with Crippen LogP contribution in [0.4, 0.5) is 0 Å². The van der Waals surface area contributed by atoms with E-state index >= 15 is 0 Å². The summed E-state index contributed by atoms with van der Waals surface area (Å²) in [7, 11) is 1.53. The van der Waals surface area contributed by atoms with Crippen LogP contribution >= 0.6 is 23.2 Å². The molecule has 21 heavy (non-hydrogen) atoms. The largest absolute Gasteiger partial charge is 0.496 e. The molecule has 0 N–H and O–H groups in total. The Kier molecular flexibility index (Phi) is 5.10. The molecule has 0 radical (unpaired) electrons. The molecule has 0 atom stereocenters. The van der Waals surface area contributed by atoms with Gasteiger partial charge in [0.25, 0.3) is 0 Å². The van der Waals surface area contributed by atoms with Crippen LogP contribution in [0.3, 0.4) is 0 Å². The fraction of sp³-hybridized carbons (Fsp3) is 0.188. The highest BCUT2D eigenvalue weighted by molar-refractivity contribution is 6.34.